The van der Waals surface area contributed by atoms with Gasteiger partial charge in [-0.15, -0.1) is 0 Å². The summed E-state index contributed by atoms with van der Waals surface area (Å²) in [6, 6.07) is 12.4. The van der Waals surface area contributed by atoms with Gasteiger partial charge in [0.25, 0.3) is 0 Å². The number of thiazole rings is 1. The number of urea groups is 1. The summed E-state index contributed by atoms with van der Waals surface area (Å²) < 4.78 is 15.1. The maximum Gasteiger partial charge on any atom is 0.319 e. The van der Waals surface area contributed by atoms with Crippen LogP contribution in [0.4, 0.5) is 14.3 Å². The Hall–Kier alpha value is -3.53. The molecule has 1 saturated heterocycles. The fourth-order valence-corrected chi connectivity index (χ4v) is 5.81. The summed E-state index contributed by atoms with van der Waals surface area (Å²) in [5.74, 6) is -0.394. The lowest BCUT2D eigenvalue weighted by atomic mass is 10.0. The molecule has 0 bridgehead atoms. The molecule has 0 saturated carbocycles. The van der Waals surface area contributed by atoms with Crippen LogP contribution >= 0.6 is 11.3 Å². The molecule has 37 heavy (non-hydrogen) atoms. The van der Waals surface area contributed by atoms with Gasteiger partial charge in [-0.2, -0.15) is 0 Å². The first-order chi connectivity index (χ1) is 17.9. The summed E-state index contributed by atoms with van der Waals surface area (Å²) in [6.45, 7) is 4.62. The van der Waals surface area contributed by atoms with Crippen molar-refractivity contribution >= 4 is 49.5 Å². The number of imidazole rings is 1. The van der Waals surface area contributed by atoms with Crippen LogP contribution in [0.25, 0.3) is 21.3 Å². The standard InChI is InChI=1S/C27H31FN6O2S/c1-3-17-9-6-7-14-34(17)27(36)33-25(32-26-30-19-11-4-5-13-22(19)37-26)21(35)15-16(2)24-29-20-12-8-10-18(28)23(20)31-24/h4-5,8,10-13,16-17,25H,3,6-7,9,14-15H2,1-2H3,(H,29,31)(H,30,32)(H,33,36)/t16-,17+,25+/m1/s1. The van der Waals surface area contributed by atoms with Crippen LogP contribution in [0.1, 0.15) is 57.7 Å². The summed E-state index contributed by atoms with van der Waals surface area (Å²) in [6.07, 6.45) is 3.03. The van der Waals surface area contributed by atoms with E-state index < -0.39 is 12.0 Å². The fourth-order valence-electron chi connectivity index (χ4n) is 4.92. The zero-order valence-electron chi connectivity index (χ0n) is 21.0. The highest BCUT2D eigenvalue weighted by Crippen LogP contribution is 2.27. The highest BCUT2D eigenvalue weighted by molar-refractivity contribution is 7.22. The van der Waals surface area contributed by atoms with Gasteiger partial charge in [0, 0.05) is 24.9 Å². The number of carbonyl (C=O) groups excluding carboxylic acids is 2. The fraction of sp³-hybridized carbons (Fsp3) is 0.407. The van der Waals surface area contributed by atoms with E-state index in [0.717, 1.165) is 35.9 Å². The number of hydrogen-bond acceptors (Lipinski definition) is 6. The van der Waals surface area contributed by atoms with E-state index in [1.54, 1.807) is 12.1 Å². The monoisotopic (exact) mass is 522 g/mol. The molecule has 3 N–H and O–H groups in total. The van der Waals surface area contributed by atoms with Crippen molar-refractivity contribution in [3.05, 3.63) is 54.1 Å². The molecule has 1 aliphatic rings. The average molecular weight is 523 g/mol. The number of nitrogens with zero attached hydrogens (tertiary/aromatic N) is 3. The van der Waals surface area contributed by atoms with E-state index in [4.69, 9.17) is 0 Å². The zero-order valence-corrected chi connectivity index (χ0v) is 21.8. The predicted molar refractivity (Wildman–Crippen MR) is 144 cm³/mol. The number of benzene rings is 2. The van der Waals surface area contributed by atoms with E-state index in [2.05, 4.69) is 32.5 Å². The Balaban J connectivity index is 1.36. The third kappa shape index (κ3) is 5.44. The number of amides is 2. The van der Waals surface area contributed by atoms with Gasteiger partial charge >= 0.3 is 6.03 Å². The molecule has 0 aliphatic carbocycles. The first-order valence-corrected chi connectivity index (χ1v) is 13.6. The molecule has 4 aromatic rings. The number of hydrogen-bond donors (Lipinski definition) is 3. The second kappa shape index (κ2) is 10.8. The highest BCUT2D eigenvalue weighted by Gasteiger charge is 2.30. The maximum absolute atomic E-state index is 14.1. The molecule has 3 atom stereocenters. The van der Waals surface area contributed by atoms with Crippen molar-refractivity contribution < 1.29 is 14.0 Å². The van der Waals surface area contributed by atoms with E-state index in [1.165, 1.54) is 17.4 Å². The molecule has 194 valence electrons. The number of carbonyl (C=O) groups is 2. The minimum absolute atomic E-state index is 0.0987. The number of ketones is 1. The highest BCUT2D eigenvalue weighted by atomic mass is 32.1. The van der Waals surface area contributed by atoms with Crippen molar-refractivity contribution in [3.8, 4) is 0 Å². The lowest BCUT2D eigenvalue weighted by Crippen LogP contribution is -2.55. The van der Waals surface area contributed by atoms with Crippen LogP contribution in [-0.4, -0.2) is 50.4 Å². The number of aromatic amines is 1. The lowest BCUT2D eigenvalue weighted by molar-refractivity contribution is -0.120. The van der Waals surface area contributed by atoms with Crippen LogP contribution < -0.4 is 10.6 Å². The van der Waals surface area contributed by atoms with E-state index >= 15 is 0 Å². The first-order valence-electron chi connectivity index (χ1n) is 12.8. The lowest BCUT2D eigenvalue weighted by Gasteiger charge is -2.36. The maximum atomic E-state index is 14.1. The van der Waals surface area contributed by atoms with Gasteiger partial charge in [0.2, 0.25) is 0 Å². The van der Waals surface area contributed by atoms with Gasteiger partial charge in [-0.05, 0) is 49.9 Å². The Morgan fingerprint density at radius 2 is 2.03 bits per heavy atom. The number of piperidine rings is 1. The van der Waals surface area contributed by atoms with Crippen LogP contribution in [0.3, 0.4) is 0 Å². The summed E-state index contributed by atoms with van der Waals surface area (Å²) in [7, 11) is 0. The molecule has 0 radical (unpaired) electrons. The number of fused-ring (bicyclic) bond motifs is 2. The number of anilines is 1. The third-order valence-corrected chi connectivity index (χ3v) is 7.93. The SMILES string of the molecule is CC[C@H]1CCCCN1C(=O)N[C@H](Nc1nc2ccccc2s1)C(=O)C[C@@H](C)c1nc2c(F)cccc2[nH]1. The summed E-state index contributed by atoms with van der Waals surface area (Å²) in [5, 5.41) is 6.67. The second-order valence-electron chi connectivity index (χ2n) is 9.59. The van der Waals surface area contributed by atoms with Crippen LogP contribution in [0.15, 0.2) is 42.5 Å². The number of likely N-dealkylation sites (tertiary alicyclic amines) is 1. The molecule has 0 unspecified atom stereocenters. The Bertz CT molecular complexity index is 1390. The molecular weight excluding hydrogens is 491 g/mol. The number of halogens is 1. The van der Waals surface area contributed by atoms with Crippen molar-refractivity contribution in [3.63, 3.8) is 0 Å². The van der Waals surface area contributed by atoms with Crippen LogP contribution in [-0.2, 0) is 4.79 Å². The van der Waals surface area contributed by atoms with Crippen molar-refractivity contribution in [1.29, 1.82) is 0 Å². The van der Waals surface area contributed by atoms with Gasteiger partial charge in [-0.3, -0.25) is 4.79 Å². The van der Waals surface area contributed by atoms with Gasteiger partial charge < -0.3 is 20.5 Å². The molecule has 8 nitrogen and oxygen atoms in total. The summed E-state index contributed by atoms with van der Waals surface area (Å²) in [4.78, 5) is 40.8. The van der Waals surface area contributed by atoms with E-state index in [9.17, 15) is 14.0 Å². The van der Waals surface area contributed by atoms with Crippen molar-refractivity contribution in [2.75, 3.05) is 11.9 Å². The van der Waals surface area contributed by atoms with Crippen molar-refractivity contribution in [2.24, 2.45) is 0 Å². The predicted octanol–water partition coefficient (Wildman–Crippen LogP) is 5.79. The molecule has 1 fully saturated rings. The smallest absolute Gasteiger partial charge is 0.319 e. The van der Waals surface area contributed by atoms with Gasteiger partial charge in [0.1, 0.15) is 11.3 Å². The molecule has 2 amide bonds. The zero-order chi connectivity index (χ0) is 25.9. The summed E-state index contributed by atoms with van der Waals surface area (Å²) in [5.41, 5.74) is 1.67. The quantitative estimate of drug-likeness (QED) is 0.254. The average Bonchev–Trinajstić information content (AvgIpc) is 3.53. The molecular formula is C27H31FN6O2S. The minimum atomic E-state index is -0.962. The second-order valence-corrected chi connectivity index (χ2v) is 10.6. The molecule has 3 heterocycles. The van der Waals surface area contributed by atoms with Gasteiger partial charge in [-0.1, -0.05) is 43.4 Å². The van der Waals surface area contributed by atoms with E-state index in [1.807, 2.05) is 36.1 Å². The Morgan fingerprint density at radius 3 is 2.81 bits per heavy atom. The van der Waals surface area contributed by atoms with Crippen LogP contribution in [0.5, 0.6) is 0 Å². The van der Waals surface area contributed by atoms with Crippen LogP contribution in [0.2, 0.25) is 0 Å². The number of aromatic nitrogens is 3. The largest absolute Gasteiger partial charge is 0.342 e. The third-order valence-electron chi connectivity index (χ3n) is 6.97. The summed E-state index contributed by atoms with van der Waals surface area (Å²) >= 11 is 1.43. The molecule has 5 rings (SSSR count). The van der Waals surface area contributed by atoms with E-state index in [0.29, 0.717) is 23.0 Å². The number of rotatable bonds is 8. The number of Topliss-reactive ketones (excluding diaryl/α,β-unsaturated/α-hetero) is 1. The van der Waals surface area contributed by atoms with Crippen molar-refractivity contribution in [2.45, 2.75) is 64.1 Å². The first kappa shape index (κ1) is 25.1. The molecule has 0 spiro atoms. The number of nitrogens with one attached hydrogen (secondary N) is 3. The van der Waals surface area contributed by atoms with Crippen molar-refractivity contribution in [1.82, 2.24) is 25.2 Å². The molecule has 1 aliphatic heterocycles. The van der Waals surface area contributed by atoms with Gasteiger partial charge in [-0.25, -0.2) is 19.2 Å². The van der Waals surface area contributed by atoms with Crippen LogP contribution in [0, 0.1) is 5.82 Å². The Labute approximate surface area is 218 Å². The minimum Gasteiger partial charge on any atom is -0.342 e. The molecule has 10 heteroatoms. The number of H-pyrrole nitrogens is 1. The molecule has 2 aromatic carbocycles. The van der Waals surface area contributed by atoms with Gasteiger partial charge in [0.05, 0.1) is 15.7 Å². The van der Waals surface area contributed by atoms with E-state index in [-0.39, 0.29) is 35.7 Å². The topological polar surface area (TPSA) is 103 Å². The Kier molecular flexibility index (Phi) is 7.36. The molecule has 2 aromatic heterocycles. The van der Waals surface area contributed by atoms with Gasteiger partial charge in [0.15, 0.2) is 22.9 Å². The normalized spacial score (nSPS) is 17.6. The Morgan fingerprint density at radius 1 is 1.19 bits per heavy atom. The number of para-hydroxylation sites is 2.